The third-order valence-corrected chi connectivity index (χ3v) is 2.63. The predicted octanol–water partition coefficient (Wildman–Crippen LogP) is 1.97. The molecule has 0 atom stereocenters. The molecule has 0 fully saturated rings. The minimum atomic E-state index is -0.223. The lowest BCUT2D eigenvalue weighted by Crippen LogP contribution is -2.24. The molecule has 1 heterocycles. The normalized spacial score (nSPS) is 11.6. The molecule has 16 heavy (non-hydrogen) atoms. The van der Waals surface area contributed by atoms with E-state index in [0.29, 0.717) is 6.42 Å². The summed E-state index contributed by atoms with van der Waals surface area (Å²) in [5.74, 6) is -0.223. The first-order valence-corrected chi connectivity index (χ1v) is 5.39. The molecule has 1 aromatic heterocycles. The van der Waals surface area contributed by atoms with Gasteiger partial charge in [0.2, 0.25) is 0 Å². The molecular weight excluding hydrogens is 204 g/mol. The fourth-order valence-electron chi connectivity index (χ4n) is 1.80. The number of ether oxygens (including phenoxy) is 1. The van der Waals surface area contributed by atoms with Crippen LogP contribution in [0.2, 0.25) is 0 Å². The van der Waals surface area contributed by atoms with Crippen molar-refractivity contribution in [1.82, 2.24) is 9.78 Å². The molecule has 0 N–H and O–H groups in total. The first-order valence-electron chi connectivity index (χ1n) is 5.39. The van der Waals surface area contributed by atoms with Crippen LogP contribution in [0.5, 0.6) is 0 Å². The summed E-state index contributed by atoms with van der Waals surface area (Å²) in [5, 5.41) is 4.48. The van der Waals surface area contributed by atoms with E-state index in [9.17, 15) is 4.79 Å². The molecule has 4 heteroatoms. The number of carbonyl (C=O) groups excluding carboxylic acids is 1. The van der Waals surface area contributed by atoms with Gasteiger partial charge in [0.15, 0.2) is 0 Å². The molecule has 0 unspecified atom stereocenters. The Morgan fingerprint density at radius 2 is 1.94 bits per heavy atom. The average molecular weight is 224 g/mol. The molecule has 0 aromatic carbocycles. The second-order valence-corrected chi connectivity index (χ2v) is 4.98. The van der Waals surface area contributed by atoms with Crippen LogP contribution in [-0.2, 0) is 21.5 Å². The van der Waals surface area contributed by atoms with Crippen LogP contribution in [0, 0.1) is 13.8 Å². The van der Waals surface area contributed by atoms with E-state index in [0.717, 1.165) is 17.0 Å². The molecule has 0 aliphatic heterocycles. The molecule has 0 amide bonds. The van der Waals surface area contributed by atoms with E-state index in [4.69, 9.17) is 0 Å². The van der Waals surface area contributed by atoms with E-state index < -0.39 is 0 Å². The third-order valence-electron chi connectivity index (χ3n) is 2.63. The lowest BCUT2D eigenvalue weighted by atomic mass is 10.1. The maximum atomic E-state index is 11.3. The summed E-state index contributed by atoms with van der Waals surface area (Å²) in [6.45, 7) is 10.2. The van der Waals surface area contributed by atoms with Gasteiger partial charge in [-0.3, -0.25) is 9.48 Å². The molecule has 4 nitrogen and oxygen atoms in total. The van der Waals surface area contributed by atoms with Crippen molar-refractivity contribution >= 4 is 5.97 Å². The highest BCUT2D eigenvalue weighted by Crippen LogP contribution is 2.21. The van der Waals surface area contributed by atoms with Gasteiger partial charge in [-0.15, -0.1) is 0 Å². The fourth-order valence-corrected chi connectivity index (χ4v) is 1.80. The summed E-state index contributed by atoms with van der Waals surface area (Å²) < 4.78 is 6.64. The zero-order valence-corrected chi connectivity index (χ0v) is 10.9. The van der Waals surface area contributed by atoms with Crippen LogP contribution in [0.3, 0.4) is 0 Å². The SMILES string of the molecule is COC(=O)Cc1c(C)nn(C(C)(C)C)c1C. The number of nitrogens with zero attached hydrogens (tertiary/aromatic N) is 2. The Hall–Kier alpha value is -1.32. The first kappa shape index (κ1) is 12.7. The highest BCUT2D eigenvalue weighted by molar-refractivity contribution is 5.73. The molecule has 0 aliphatic rings. The van der Waals surface area contributed by atoms with Gasteiger partial charge in [0, 0.05) is 11.3 Å². The standard InChI is InChI=1S/C12H20N2O2/c1-8-10(7-11(15)16-6)9(2)14(13-8)12(3,4)5/h7H2,1-6H3. The summed E-state index contributed by atoms with van der Waals surface area (Å²) in [4.78, 5) is 11.3. The summed E-state index contributed by atoms with van der Waals surface area (Å²) in [5.41, 5.74) is 2.85. The Kier molecular flexibility index (Phi) is 3.41. The number of methoxy groups -OCH3 is 1. The van der Waals surface area contributed by atoms with Crippen molar-refractivity contribution in [3.8, 4) is 0 Å². The van der Waals surface area contributed by atoms with E-state index in [2.05, 4.69) is 30.6 Å². The third kappa shape index (κ3) is 2.43. The van der Waals surface area contributed by atoms with Crippen LogP contribution < -0.4 is 0 Å². The molecule has 0 radical (unpaired) electrons. The van der Waals surface area contributed by atoms with Gasteiger partial charge < -0.3 is 4.74 Å². The Bertz CT molecular complexity index is 400. The zero-order valence-electron chi connectivity index (χ0n) is 10.9. The Labute approximate surface area is 96.6 Å². The molecule has 0 saturated carbocycles. The Balaban J connectivity index is 3.13. The van der Waals surface area contributed by atoms with Gasteiger partial charge in [0.05, 0.1) is 24.8 Å². The first-order chi connectivity index (χ1) is 7.27. The number of aromatic nitrogens is 2. The van der Waals surface area contributed by atoms with Crippen molar-refractivity contribution < 1.29 is 9.53 Å². The largest absolute Gasteiger partial charge is 0.469 e. The fraction of sp³-hybridized carbons (Fsp3) is 0.667. The van der Waals surface area contributed by atoms with Crippen molar-refractivity contribution in [2.75, 3.05) is 7.11 Å². The van der Waals surface area contributed by atoms with Crippen molar-refractivity contribution in [3.63, 3.8) is 0 Å². The van der Waals surface area contributed by atoms with Gasteiger partial charge in [-0.1, -0.05) is 0 Å². The Morgan fingerprint density at radius 3 is 2.31 bits per heavy atom. The van der Waals surface area contributed by atoms with Gasteiger partial charge in [-0.05, 0) is 34.6 Å². The lowest BCUT2D eigenvalue weighted by molar-refractivity contribution is -0.139. The smallest absolute Gasteiger partial charge is 0.310 e. The number of hydrogen-bond donors (Lipinski definition) is 0. The summed E-state index contributed by atoms with van der Waals surface area (Å²) >= 11 is 0. The van der Waals surface area contributed by atoms with Crippen molar-refractivity contribution in [2.45, 2.75) is 46.6 Å². The summed E-state index contributed by atoms with van der Waals surface area (Å²) in [7, 11) is 1.40. The Morgan fingerprint density at radius 1 is 1.38 bits per heavy atom. The number of rotatable bonds is 2. The second kappa shape index (κ2) is 4.28. The van der Waals surface area contributed by atoms with E-state index in [1.54, 1.807) is 0 Å². The van der Waals surface area contributed by atoms with Crippen LogP contribution in [0.25, 0.3) is 0 Å². The highest BCUT2D eigenvalue weighted by atomic mass is 16.5. The van der Waals surface area contributed by atoms with Gasteiger partial charge in [0.25, 0.3) is 0 Å². The number of esters is 1. The van der Waals surface area contributed by atoms with Crippen LogP contribution in [-0.4, -0.2) is 22.9 Å². The van der Waals surface area contributed by atoms with Crippen LogP contribution >= 0.6 is 0 Å². The quantitative estimate of drug-likeness (QED) is 0.721. The predicted molar refractivity (Wildman–Crippen MR) is 62.4 cm³/mol. The van der Waals surface area contributed by atoms with Crippen LogP contribution in [0.4, 0.5) is 0 Å². The molecule has 1 aromatic rings. The lowest BCUT2D eigenvalue weighted by Gasteiger charge is -2.21. The average Bonchev–Trinajstić information content (AvgIpc) is 2.44. The zero-order chi connectivity index (χ0) is 12.5. The number of carbonyl (C=O) groups is 1. The van der Waals surface area contributed by atoms with Crippen LogP contribution in [0.1, 0.15) is 37.7 Å². The number of hydrogen-bond acceptors (Lipinski definition) is 3. The maximum Gasteiger partial charge on any atom is 0.310 e. The van der Waals surface area contributed by atoms with Crippen LogP contribution in [0.15, 0.2) is 0 Å². The van der Waals surface area contributed by atoms with E-state index in [1.807, 2.05) is 18.5 Å². The summed E-state index contributed by atoms with van der Waals surface area (Å²) in [6, 6.07) is 0. The van der Waals surface area contributed by atoms with Gasteiger partial charge >= 0.3 is 5.97 Å². The van der Waals surface area contributed by atoms with Crippen molar-refractivity contribution in [2.24, 2.45) is 0 Å². The minimum Gasteiger partial charge on any atom is -0.469 e. The summed E-state index contributed by atoms with van der Waals surface area (Å²) in [6.07, 6.45) is 0.296. The molecule has 0 spiro atoms. The topological polar surface area (TPSA) is 44.1 Å². The van der Waals surface area contributed by atoms with E-state index >= 15 is 0 Å². The monoisotopic (exact) mass is 224 g/mol. The minimum absolute atomic E-state index is 0.0663. The second-order valence-electron chi connectivity index (χ2n) is 4.98. The molecule has 0 bridgehead atoms. The van der Waals surface area contributed by atoms with E-state index in [-0.39, 0.29) is 11.5 Å². The molecule has 1 rings (SSSR count). The highest BCUT2D eigenvalue weighted by Gasteiger charge is 2.21. The molecule has 0 aliphatic carbocycles. The molecule has 0 saturated heterocycles. The molecule has 90 valence electrons. The van der Waals surface area contributed by atoms with Gasteiger partial charge in [-0.25, -0.2) is 0 Å². The van der Waals surface area contributed by atoms with E-state index in [1.165, 1.54) is 7.11 Å². The van der Waals surface area contributed by atoms with Gasteiger partial charge in [0.1, 0.15) is 0 Å². The maximum absolute atomic E-state index is 11.3. The van der Waals surface area contributed by atoms with Gasteiger partial charge in [-0.2, -0.15) is 5.10 Å². The number of aryl methyl sites for hydroxylation is 1. The van der Waals surface area contributed by atoms with Crippen molar-refractivity contribution in [3.05, 3.63) is 17.0 Å². The van der Waals surface area contributed by atoms with Crippen molar-refractivity contribution in [1.29, 1.82) is 0 Å². The molecular formula is C12H20N2O2.